The van der Waals surface area contributed by atoms with Crippen LogP contribution in [0, 0.1) is 6.92 Å². The zero-order chi connectivity index (χ0) is 13.1. The van der Waals surface area contributed by atoms with Gasteiger partial charge < -0.3 is 10.2 Å². The molecule has 2 rings (SSSR count). The lowest BCUT2D eigenvalue weighted by molar-refractivity contribution is 0.0912. The quantitative estimate of drug-likeness (QED) is 0.910. The highest BCUT2D eigenvalue weighted by Gasteiger charge is 2.19. The molecular formula is C14H19BrN2O. The van der Waals surface area contributed by atoms with Gasteiger partial charge in [-0.15, -0.1) is 0 Å². The molecule has 4 heteroatoms. The lowest BCUT2D eigenvalue weighted by Gasteiger charge is -2.30. The molecule has 1 fully saturated rings. The minimum absolute atomic E-state index is 0.0275. The van der Waals surface area contributed by atoms with Crippen LogP contribution in [0.3, 0.4) is 0 Å². The Kier molecular flexibility index (Phi) is 4.40. The second kappa shape index (κ2) is 5.85. The summed E-state index contributed by atoms with van der Waals surface area (Å²) in [5, 5.41) is 3.12. The van der Waals surface area contributed by atoms with Crippen molar-refractivity contribution < 1.29 is 4.79 Å². The maximum Gasteiger partial charge on any atom is 0.251 e. The number of halogens is 1. The van der Waals surface area contributed by atoms with Gasteiger partial charge in [-0.25, -0.2) is 0 Å². The van der Waals surface area contributed by atoms with E-state index in [9.17, 15) is 4.79 Å². The number of likely N-dealkylation sites (tertiary alicyclic amines) is 1. The van der Waals surface area contributed by atoms with E-state index in [1.807, 2.05) is 25.1 Å². The number of amides is 1. The molecule has 0 aromatic heterocycles. The molecule has 98 valence electrons. The van der Waals surface area contributed by atoms with Crippen molar-refractivity contribution in [2.75, 3.05) is 20.1 Å². The van der Waals surface area contributed by atoms with Crippen LogP contribution in [0.5, 0.6) is 0 Å². The van der Waals surface area contributed by atoms with Crippen molar-refractivity contribution in [1.29, 1.82) is 0 Å². The largest absolute Gasteiger partial charge is 0.348 e. The van der Waals surface area contributed by atoms with Crippen LogP contribution in [0.2, 0.25) is 0 Å². The molecule has 1 aromatic rings. The maximum atomic E-state index is 12.2. The molecule has 1 aromatic carbocycles. The first-order valence-corrected chi connectivity index (χ1v) is 7.10. The number of hydrogen-bond donors (Lipinski definition) is 1. The number of carbonyl (C=O) groups is 1. The maximum absolute atomic E-state index is 12.2. The summed E-state index contributed by atoms with van der Waals surface area (Å²) in [5.74, 6) is 0.0275. The van der Waals surface area contributed by atoms with Gasteiger partial charge in [-0.05, 0) is 57.1 Å². The van der Waals surface area contributed by atoms with Crippen molar-refractivity contribution in [3.05, 3.63) is 33.8 Å². The first-order chi connectivity index (χ1) is 8.54. The summed E-state index contributed by atoms with van der Waals surface area (Å²) in [7, 11) is 2.10. The third-order valence-electron chi connectivity index (χ3n) is 3.26. The normalized spacial score (nSPS) is 20.7. The van der Waals surface area contributed by atoms with Crippen molar-refractivity contribution in [3.8, 4) is 0 Å². The van der Waals surface area contributed by atoms with E-state index in [1.54, 1.807) is 0 Å². The van der Waals surface area contributed by atoms with Gasteiger partial charge in [0.15, 0.2) is 0 Å². The Morgan fingerprint density at radius 2 is 2.22 bits per heavy atom. The number of nitrogens with zero attached hydrogens (tertiary/aromatic N) is 1. The Morgan fingerprint density at radius 3 is 2.89 bits per heavy atom. The van der Waals surface area contributed by atoms with Gasteiger partial charge in [0, 0.05) is 22.6 Å². The van der Waals surface area contributed by atoms with E-state index in [2.05, 4.69) is 33.2 Å². The average molecular weight is 311 g/mol. The first kappa shape index (κ1) is 13.6. The highest BCUT2D eigenvalue weighted by atomic mass is 79.9. The monoisotopic (exact) mass is 310 g/mol. The number of hydrogen-bond acceptors (Lipinski definition) is 2. The van der Waals surface area contributed by atoms with Crippen molar-refractivity contribution >= 4 is 21.8 Å². The lowest BCUT2D eigenvalue weighted by Crippen LogP contribution is -2.46. The van der Waals surface area contributed by atoms with Gasteiger partial charge in [0.1, 0.15) is 0 Å². The van der Waals surface area contributed by atoms with Gasteiger partial charge >= 0.3 is 0 Å². The number of aryl methyl sites for hydroxylation is 1. The summed E-state index contributed by atoms with van der Waals surface area (Å²) in [6.07, 6.45) is 2.22. The second-order valence-electron chi connectivity index (χ2n) is 5.09. The molecule has 3 nitrogen and oxygen atoms in total. The van der Waals surface area contributed by atoms with Crippen LogP contribution < -0.4 is 5.32 Å². The van der Waals surface area contributed by atoms with Crippen LogP contribution in [-0.4, -0.2) is 37.0 Å². The molecule has 18 heavy (non-hydrogen) atoms. The van der Waals surface area contributed by atoms with Gasteiger partial charge in [-0.3, -0.25) is 4.79 Å². The minimum Gasteiger partial charge on any atom is -0.348 e. The number of rotatable bonds is 2. The topological polar surface area (TPSA) is 32.3 Å². The van der Waals surface area contributed by atoms with Gasteiger partial charge in [-0.1, -0.05) is 15.9 Å². The predicted octanol–water partition coefficient (Wildman–Crippen LogP) is 2.58. The summed E-state index contributed by atoms with van der Waals surface area (Å²) < 4.78 is 0.952. The Hall–Kier alpha value is -0.870. The van der Waals surface area contributed by atoms with Gasteiger partial charge in [0.05, 0.1) is 0 Å². The zero-order valence-electron chi connectivity index (χ0n) is 10.9. The van der Waals surface area contributed by atoms with Gasteiger partial charge in [-0.2, -0.15) is 0 Å². The third-order valence-corrected chi connectivity index (χ3v) is 3.72. The van der Waals surface area contributed by atoms with Crippen LogP contribution >= 0.6 is 15.9 Å². The highest BCUT2D eigenvalue weighted by molar-refractivity contribution is 9.10. The van der Waals surface area contributed by atoms with Crippen LogP contribution in [0.15, 0.2) is 22.7 Å². The van der Waals surface area contributed by atoms with E-state index in [0.717, 1.165) is 41.5 Å². The second-order valence-corrected chi connectivity index (χ2v) is 6.01. The number of carbonyl (C=O) groups excluding carboxylic acids is 1. The number of benzene rings is 1. The third kappa shape index (κ3) is 3.56. The van der Waals surface area contributed by atoms with Crippen LogP contribution in [0.1, 0.15) is 28.8 Å². The Morgan fingerprint density at radius 1 is 1.44 bits per heavy atom. The number of piperidine rings is 1. The standard InChI is InChI=1S/C14H19BrN2O/c1-10-6-11(8-12(15)7-10)14(18)16-13-4-3-5-17(2)9-13/h6-8,13H,3-5,9H2,1-2H3,(H,16,18)/t13-/m1/s1. The molecule has 1 aliphatic heterocycles. The fourth-order valence-electron chi connectivity index (χ4n) is 2.42. The summed E-state index contributed by atoms with van der Waals surface area (Å²) in [6, 6.07) is 6.07. The summed E-state index contributed by atoms with van der Waals surface area (Å²) in [4.78, 5) is 14.4. The van der Waals surface area contributed by atoms with Gasteiger partial charge in [0.25, 0.3) is 5.91 Å². The molecular weight excluding hydrogens is 292 g/mol. The van der Waals surface area contributed by atoms with E-state index in [4.69, 9.17) is 0 Å². The van der Waals surface area contributed by atoms with E-state index in [-0.39, 0.29) is 11.9 Å². The molecule has 1 amide bonds. The molecule has 0 spiro atoms. The molecule has 1 aliphatic rings. The fourth-order valence-corrected chi connectivity index (χ4v) is 3.03. The highest BCUT2D eigenvalue weighted by Crippen LogP contribution is 2.16. The molecule has 0 aliphatic carbocycles. The summed E-state index contributed by atoms with van der Waals surface area (Å²) in [5.41, 5.74) is 1.82. The molecule has 1 heterocycles. The van der Waals surface area contributed by atoms with E-state index >= 15 is 0 Å². The van der Waals surface area contributed by atoms with Crippen molar-refractivity contribution in [2.45, 2.75) is 25.8 Å². The average Bonchev–Trinajstić information content (AvgIpc) is 2.27. The van der Waals surface area contributed by atoms with Crippen molar-refractivity contribution in [3.63, 3.8) is 0 Å². The zero-order valence-corrected chi connectivity index (χ0v) is 12.5. The van der Waals surface area contributed by atoms with Crippen molar-refractivity contribution in [2.24, 2.45) is 0 Å². The van der Waals surface area contributed by atoms with Crippen LogP contribution in [-0.2, 0) is 0 Å². The van der Waals surface area contributed by atoms with Crippen LogP contribution in [0.4, 0.5) is 0 Å². The summed E-state index contributed by atoms with van der Waals surface area (Å²) in [6.45, 7) is 4.07. The minimum atomic E-state index is 0.0275. The van der Waals surface area contributed by atoms with E-state index in [1.165, 1.54) is 0 Å². The molecule has 1 N–H and O–H groups in total. The molecule has 0 saturated carbocycles. The SMILES string of the molecule is Cc1cc(Br)cc(C(=O)N[C@@H]2CCCN(C)C2)c1. The lowest BCUT2D eigenvalue weighted by atomic mass is 10.1. The van der Waals surface area contributed by atoms with Crippen LogP contribution in [0.25, 0.3) is 0 Å². The molecule has 0 unspecified atom stereocenters. The molecule has 1 saturated heterocycles. The van der Waals surface area contributed by atoms with E-state index in [0.29, 0.717) is 0 Å². The predicted molar refractivity (Wildman–Crippen MR) is 76.9 cm³/mol. The fraction of sp³-hybridized carbons (Fsp3) is 0.500. The molecule has 1 atom stereocenters. The molecule has 0 radical (unpaired) electrons. The summed E-state index contributed by atoms with van der Waals surface area (Å²) >= 11 is 3.43. The van der Waals surface area contributed by atoms with Crippen molar-refractivity contribution in [1.82, 2.24) is 10.2 Å². The Bertz CT molecular complexity index is 427. The molecule has 0 bridgehead atoms. The van der Waals surface area contributed by atoms with Gasteiger partial charge in [0.2, 0.25) is 0 Å². The van der Waals surface area contributed by atoms with E-state index < -0.39 is 0 Å². The smallest absolute Gasteiger partial charge is 0.251 e. The number of nitrogens with one attached hydrogen (secondary N) is 1. The number of likely N-dealkylation sites (N-methyl/N-ethyl adjacent to an activating group) is 1. The Labute approximate surface area is 117 Å². The Balaban J connectivity index is 2.02. The first-order valence-electron chi connectivity index (χ1n) is 6.31.